The van der Waals surface area contributed by atoms with Gasteiger partial charge in [0.05, 0.1) is 17.0 Å². The Labute approximate surface area is 201 Å². The van der Waals surface area contributed by atoms with E-state index in [0.717, 1.165) is 0 Å². The minimum atomic E-state index is -5.00. The third kappa shape index (κ3) is 8.68. The fourth-order valence-corrected chi connectivity index (χ4v) is 3.35. The monoisotopic (exact) mass is 522 g/mol. The van der Waals surface area contributed by atoms with E-state index in [1.54, 1.807) is 24.4 Å². The summed E-state index contributed by atoms with van der Waals surface area (Å²) in [5.74, 6) is -2.99. The highest BCUT2D eigenvalue weighted by Crippen LogP contribution is 2.36. The van der Waals surface area contributed by atoms with Crippen molar-refractivity contribution in [2.75, 3.05) is 18.4 Å². The number of aryl methyl sites for hydroxylation is 1. The van der Waals surface area contributed by atoms with Crippen molar-refractivity contribution in [2.45, 2.75) is 37.7 Å². The number of alkyl halides is 6. The van der Waals surface area contributed by atoms with Crippen molar-refractivity contribution in [1.82, 2.24) is 15.8 Å². The minimum Gasteiger partial charge on any atom is -0.382 e. The Bertz CT molecular complexity index is 986. The Balaban J connectivity index is 2.05. The van der Waals surface area contributed by atoms with Crippen LogP contribution in [0.4, 0.5) is 32.2 Å². The van der Waals surface area contributed by atoms with Gasteiger partial charge in [-0.25, -0.2) is 10.5 Å². The van der Waals surface area contributed by atoms with Gasteiger partial charge in [0.2, 0.25) is 5.91 Å². The number of carbonyl (C=O) groups excluding carboxylic acids is 2. The quantitative estimate of drug-likeness (QED) is 0.134. The first-order valence-corrected chi connectivity index (χ1v) is 10.7. The molecule has 1 aromatic carbocycles. The summed E-state index contributed by atoms with van der Waals surface area (Å²) >= 11 is 0. The maximum absolute atomic E-state index is 13.1. The van der Waals surface area contributed by atoms with Gasteiger partial charge >= 0.3 is 12.4 Å². The van der Waals surface area contributed by atoms with Gasteiger partial charge in [-0.15, -0.1) is 0 Å². The van der Waals surface area contributed by atoms with Crippen molar-refractivity contribution >= 4 is 17.6 Å². The molecule has 0 radical (unpaired) electrons. The van der Waals surface area contributed by atoms with Crippen LogP contribution in [0.2, 0.25) is 0 Å². The number of hydrogen-bond donors (Lipinski definition) is 5. The molecule has 0 aliphatic rings. The average Bonchev–Trinajstić information content (AvgIpc) is 2.83. The molecule has 0 aliphatic carbocycles. The second-order valence-corrected chi connectivity index (χ2v) is 7.77. The van der Waals surface area contributed by atoms with Crippen LogP contribution in [0.25, 0.3) is 0 Å². The largest absolute Gasteiger partial charge is 0.416 e. The molecule has 198 valence electrons. The van der Waals surface area contributed by atoms with Crippen molar-refractivity contribution in [1.29, 1.82) is 0 Å². The van der Waals surface area contributed by atoms with Crippen LogP contribution in [0.5, 0.6) is 0 Å². The number of nitrogens with one attached hydrogen (secondary N) is 3. The highest BCUT2D eigenvalue weighted by atomic mass is 19.4. The third-order valence-corrected chi connectivity index (χ3v) is 5.12. The Morgan fingerprint density at radius 1 is 0.944 bits per heavy atom. The standard InChI is InChI=1S/C22H24F6N4O4/c23-21(24,25)14-10-13(11-15(12-14)22(26,27)28)4-3-5-16(18(33)20(35)32-36)19(34)31-9-8-30-17-6-1-2-7-29-17/h1-2,6-7,10-12,16,18,33,36H,3-5,8-9H2,(H,29,30)(H,31,34)(H,32,35)/t16?,18-/m0/s1. The van der Waals surface area contributed by atoms with Gasteiger partial charge in [0, 0.05) is 19.3 Å². The first-order valence-electron chi connectivity index (χ1n) is 10.7. The van der Waals surface area contributed by atoms with E-state index in [2.05, 4.69) is 15.6 Å². The Morgan fingerprint density at radius 2 is 1.58 bits per heavy atom. The number of amides is 2. The number of aliphatic hydroxyl groups is 1. The molecule has 0 saturated carbocycles. The summed E-state index contributed by atoms with van der Waals surface area (Å²) in [5, 5.41) is 24.3. The van der Waals surface area contributed by atoms with Crippen molar-refractivity contribution in [3.8, 4) is 0 Å². The van der Waals surface area contributed by atoms with E-state index in [1.807, 2.05) is 0 Å². The van der Waals surface area contributed by atoms with E-state index in [1.165, 1.54) is 5.48 Å². The highest BCUT2D eigenvalue weighted by molar-refractivity contribution is 5.88. The number of rotatable bonds is 11. The number of anilines is 1. The van der Waals surface area contributed by atoms with Crippen LogP contribution < -0.4 is 16.1 Å². The zero-order chi connectivity index (χ0) is 26.9. The predicted molar refractivity (Wildman–Crippen MR) is 115 cm³/mol. The molecule has 2 aromatic rings. The minimum absolute atomic E-state index is 0.00803. The molecule has 2 rings (SSSR count). The first-order chi connectivity index (χ1) is 16.8. The molecule has 0 spiro atoms. The number of carbonyl (C=O) groups is 2. The second kappa shape index (κ2) is 12.5. The van der Waals surface area contributed by atoms with Crippen molar-refractivity contribution in [3.05, 3.63) is 59.3 Å². The van der Waals surface area contributed by atoms with Gasteiger partial charge < -0.3 is 15.7 Å². The van der Waals surface area contributed by atoms with Gasteiger partial charge in [0.15, 0.2) is 0 Å². The molecule has 1 unspecified atom stereocenters. The molecule has 0 aliphatic heterocycles. The average molecular weight is 522 g/mol. The molecule has 0 bridgehead atoms. The van der Waals surface area contributed by atoms with E-state index < -0.39 is 47.3 Å². The predicted octanol–water partition coefficient (Wildman–Crippen LogP) is 3.15. The molecule has 5 N–H and O–H groups in total. The molecule has 1 aromatic heterocycles. The van der Waals surface area contributed by atoms with E-state index in [0.29, 0.717) is 18.0 Å². The molecule has 2 amide bonds. The zero-order valence-corrected chi connectivity index (χ0v) is 18.7. The second-order valence-electron chi connectivity index (χ2n) is 7.77. The van der Waals surface area contributed by atoms with E-state index in [4.69, 9.17) is 5.21 Å². The number of nitrogens with zero attached hydrogens (tertiary/aromatic N) is 1. The lowest BCUT2D eigenvalue weighted by Gasteiger charge is -2.21. The smallest absolute Gasteiger partial charge is 0.382 e. The summed E-state index contributed by atoms with van der Waals surface area (Å²) in [6.45, 7) is 0.268. The van der Waals surface area contributed by atoms with Gasteiger partial charge in [-0.05, 0) is 55.2 Å². The zero-order valence-electron chi connectivity index (χ0n) is 18.7. The van der Waals surface area contributed by atoms with E-state index in [-0.39, 0.29) is 44.0 Å². The van der Waals surface area contributed by atoms with E-state index >= 15 is 0 Å². The summed E-state index contributed by atoms with van der Waals surface area (Å²) in [6.07, 6.45) is -11.2. The lowest BCUT2D eigenvalue weighted by Crippen LogP contribution is -2.46. The number of hydroxylamine groups is 1. The lowest BCUT2D eigenvalue weighted by atomic mass is 9.92. The summed E-state index contributed by atoms with van der Waals surface area (Å²) in [7, 11) is 0. The van der Waals surface area contributed by atoms with Crippen LogP contribution in [0.1, 0.15) is 29.5 Å². The van der Waals surface area contributed by atoms with E-state index in [9.17, 15) is 41.0 Å². The van der Waals surface area contributed by atoms with Gasteiger partial charge in [-0.1, -0.05) is 6.07 Å². The molecule has 0 saturated heterocycles. The molecule has 1 heterocycles. The Kier molecular flexibility index (Phi) is 10.0. The first kappa shape index (κ1) is 28.8. The molecule has 8 nitrogen and oxygen atoms in total. The SMILES string of the molecule is O=C(NCCNc1ccccn1)C(CCCc1cc(C(F)(F)F)cc(C(F)(F)F)c1)[C@H](O)C(=O)NO. The van der Waals surface area contributed by atoms with Crippen LogP contribution in [-0.4, -0.2) is 46.3 Å². The normalized spacial score (nSPS) is 13.6. The molecule has 36 heavy (non-hydrogen) atoms. The van der Waals surface area contributed by atoms with Gasteiger partial charge in [0.1, 0.15) is 11.9 Å². The fraction of sp³-hybridized carbons (Fsp3) is 0.409. The maximum Gasteiger partial charge on any atom is 0.416 e. The molecular formula is C22H24F6N4O4. The van der Waals surface area contributed by atoms with Crippen molar-refractivity contribution in [3.63, 3.8) is 0 Å². The lowest BCUT2D eigenvalue weighted by molar-refractivity contribution is -0.146. The van der Waals surface area contributed by atoms with Gasteiger partial charge in [-0.2, -0.15) is 26.3 Å². The van der Waals surface area contributed by atoms with Crippen molar-refractivity contribution < 1.29 is 46.2 Å². The Morgan fingerprint density at radius 3 is 2.11 bits per heavy atom. The van der Waals surface area contributed by atoms with Crippen molar-refractivity contribution in [2.24, 2.45) is 5.92 Å². The molecule has 14 heteroatoms. The molecule has 0 fully saturated rings. The number of aromatic nitrogens is 1. The summed E-state index contributed by atoms with van der Waals surface area (Å²) in [5.41, 5.74) is -2.02. The number of hydrogen-bond acceptors (Lipinski definition) is 6. The number of benzene rings is 1. The van der Waals surface area contributed by atoms with Crippen LogP contribution in [0, 0.1) is 5.92 Å². The summed E-state index contributed by atoms with van der Waals surface area (Å²) in [6, 6.07) is 6.27. The topological polar surface area (TPSA) is 124 Å². The van der Waals surface area contributed by atoms with Crippen LogP contribution in [-0.2, 0) is 28.4 Å². The highest BCUT2D eigenvalue weighted by Gasteiger charge is 2.37. The maximum atomic E-state index is 13.1. The third-order valence-electron chi connectivity index (χ3n) is 5.12. The molecule has 2 atom stereocenters. The van der Waals surface area contributed by atoms with Crippen LogP contribution >= 0.6 is 0 Å². The summed E-state index contributed by atoms with van der Waals surface area (Å²) in [4.78, 5) is 28.2. The van der Waals surface area contributed by atoms with Gasteiger partial charge in [0.25, 0.3) is 5.91 Å². The van der Waals surface area contributed by atoms with Crippen LogP contribution in [0.3, 0.4) is 0 Å². The number of aliphatic hydroxyl groups excluding tert-OH is 1. The number of halogens is 6. The Hall–Kier alpha value is -3.39. The van der Waals surface area contributed by atoms with Crippen LogP contribution in [0.15, 0.2) is 42.6 Å². The molecular weight excluding hydrogens is 498 g/mol. The van der Waals surface area contributed by atoms with Gasteiger partial charge in [-0.3, -0.25) is 14.8 Å². The number of pyridine rings is 1. The fourth-order valence-electron chi connectivity index (χ4n) is 3.35. The summed E-state index contributed by atoms with van der Waals surface area (Å²) < 4.78 is 78.3.